The van der Waals surface area contributed by atoms with Crippen LogP contribution in [0, 0.1) is 12.7 Å². The maximum atomic E-state index is 13.1. The second-order valence-corrected chi connectivity index (χ2v) is 6.12. The summed E-state index contributed by atoms with van der Waals surface area (Å²) >= 11 is 0. The summed E-state index contributed by atoms with van der Waals surface area (Å²) in [5, 5.41) is 19.6. The summed E-state index contributed by atoms with van der Waals surface area (Å²) in [4.78, 5) is 15.8. The van der Waals surface area contributed by atoms with Gasteiger partial charge in [-0.25, -0.2) is 14.1 Å². The Morgan fingerprint density at radius 2 is 2.00 bits per heavy atom. The molecule has 0 saturated carbocycles. The molecule has 2 heterocycles. The van der Waals surface area contributed by atoms with Crippen LogP contribution in [0.25, 0.3) is 5.82 Å². The minimum absolute atomic E-state index is 0.140. The van der Waals surface area contributed by atoms with Crippen molar-refractivity contribution in [1.29, 1.82) is 0 Å². The highest BCUT2D eigenvalue weighted by molar-refractivity contribution is 5.72. The molecule has 8 heteroatoms. The zero-order valence-corrected chi connectivity index (χ0v) is 15.0. The smallest absolute Gasteiger partial charge is 0.217 e. The minimum Gasteiger partial charge on any atom is -0.390 e. The van der Waals surface area contributed by atoms with Crippen LogP contribution in [-0.4, -0.2) is 25.8 Å². The maximum absolute atomic E-state index is 13.1. The van der Waals surface area contributed by atoms with Gasteiger partial charge in [0.2, 0.25) is 5.91 Å². The van der Waals surface area contributed by atoms with Crippen LogP contribution in [0.1, 0.15) is 23.7 Å². The van der Waals surface area contributed by atoms with Gasteiger partial charge in [0.1, 0.15) is 11.6 Å². The van der Waals surface area contributed by atoms with Crippen molar-refractivity contribution in [3.63, 3.8) is 0 Å². The number of aliphatic hydroxyl groups is 1. The third kappa shape index (κ3) is 4.68. The summed E-state index contributed by atoms with van der Waals surface area (Å²) in [5.41, 5.74) is 2.91. The van der Waals surface area contributed by atoms with E-state index in [1.54, 1.807) is 35.1 Å². The fraction of sp³-hybridized carbons (Fsp3) is 0.211. The van der Waals surface area contributed by atoms with Crippen LogP contribution in [0.4, 0.5) is 15.9 Å². The second kappa shape index (κ2) is 7.96. The molecular weight excluding hydrogens is 349 g/mol. The van der Waals surface area contributed by atoms with E-state index in [0.717, 1.165) is 11.1 Å². The minimum atomic E-state index is -0.322. The van der Waals surface area contributed by atoms with E-state index in [1.807, 2.05) is 6.92 Å². The Morgan fingerprint density at radius 1 is 1.26 bits per heavy atom. The zero-order chi connectivity index (χ0) is 19.4. The van der Waals surface area contributed by atoms with Gasteiger partial charge in [0, 0.05) is 25.4 Å². The summed E-state index contributed by atoms with van der Waals surface area (Å²) in [6.45, 7) is 3.47. The summed E-state index contributed by atoms with van der Waals surface area (Å²) in [5.74, 6) is 0.597. The lowest BCUT2D eigenvalue weighted by molar-refractivity contribution is -0.119. The average molecular weight is 369 g/mol. The number of amides is 1. The number of carbonyl (C=O) groups excluding carboxylic acids is 1. The van der Waals surface area contributed by atoms with Crippen LogP contribution >= 0.6 is 0 Å². The molecule has 3 rings (SSSR count). The maximum Gasteiger partial charge on any atom is 0.217 e. The number of aromatic nitrogens is 3. The molecule has 0 atom stereocenters. The van der Waals surface area contributed by atoms with Crippen molar-refractivity contribution in [2.75, 3.05) is 5.32 Å². The number of rotatable bonds is 6. The van der Waals surface area contributed by atoms with Gasteiger partial charge in [0.25, 0.3) is 0 Å². The molecule has 0 unspecified atom stereocenters. The Bertz CT molecular complexity index is 953. The van der Waals surface area contributed by atoms with E-state index in [4.69, 9.17) is 0 Å². The van der Waals surface area contributed by atoms with Crippen molar-refractivity contribution in [2.24, 2.45) is 0 Å². The molecule has 3 aromatic rings. The van der Waals surface area contributed by atoms with Crippen molar-refractivity contribution >= 4 is 17.4 Å². The molecule has 0 aliphatic heterocycles. The van der Waals surface area contributed by atoms with Gasteiger partial charge in [-0.3, -0.25) is 4.79 Å². The van der Waals surface area contributed by atoms with E-state index in [-0.39, 0.29) is 18.3 Å². The molecule has 0 spiro atoms. The lowest BCUT2D eigenvalue weighted by Gasteiger charge is -2.11. The van der Waals surface area contributed by atoms with Gasteiger partial charge in [0.05, 0.1) is 12.3 Å². The van der Waals surface area contributed by atoms with Crippen molar-refractivity contribution in [3.05, 3.63) is 65.2 Å². The molecule has 1 amide bonds. The van der Waals surface area contributed by atoms with Crippen LogP contribution in [0.5, 0.6) is 0 Å². The van der Waals surface area contributed by atoms with E-state index in [2.05, 4.69) is 20.7 Å². The lowest BCUT2D eigenvalue weighted by atomic mass is 10.2. The van der Waals surface area contributed by atoms with Crippen molar-refractivity contribution < 1.29 is 14.3 Å². The molecular formula is C19H20FN5O2. The number of anilines is 2. The predicted molar refractivity (Wildman–Crippen MR) is 99.2 cm³/mol. The second-order valence-electron chi connectivity index (χ2n) is 6.12. The Morgan fingerprint density at radius 3 is 2.63 bits per heavy atom. The van der Waals surface area contributed by atoms with Crippen LogP contribution in [0.15, 0.2) is 42.6 Å². The number of nitrogens with one attached hydrogen (secondary N) is 2. The van der Waals surface area contributed by atoms with Crippen molar-refractivity contribution in [1.82, 2.24) is 20.1 Å². The SMILES string of the molecule is CC(=O)NCc1cc(Nc2ccc(F)cc2)nc(-n2cc(C)c(CO)n2)c1. The van der Waals surface area contributed by atoms with Crippen LogP contribution in [0.3, 0.4) is 0 Å². The molecule has 0 aliphatic rings. The molecule has 0 bridgehead atoms. The number of aryl methyl sites for hydroxylation is 1. The molecule has 27 heavy (non-hydrogen) atoms. The average Bonchev–Trinajstić information content (AvgIpc) is 3.03. The molecule has 3 N–H and O–H groups in total. The Kier molecular flexibility index (Phi) is 5.46. The van der Waals surface area contributed by atoms with Gasteiger partial charge in [-0.05, 0) is 54.4 Å². The van der Waals surface area contributed by atoms with E-state index < -0.39 is 0 Å². The number of hydrogen-bond donors (Lipinski definition) is 3. The van der Waals surface area contributed by atoms with Crippen LogP contribution in [0.2, 0.25) is 0 Å². The fourth-order valence-corrected chi connectivity index (χ4v) is 2.53. The zero-order valence-electron chi connectivity index (χ0n) is 15.0. The molecule has 7 nitrogen and oxygen atoms in total. The summed E-state index contributed by atoms with van der Waals surface area (Å²) < 4.78 is 14.7. The summed E-state index contributed by atoms with van der Waals surface area (Å²) in [6, 6.07) is 9.53. The first-order valence-electron chi connectivity index (χ1n) is 8.39. The highest BCUT2D eigenvalue weighted by Gasteiger charge is 2.10. The number of aliphatic hydroxyl groups excluding tert-OH is 1. The molecule has 0 saturated heterocycles. The lowest BCUT2D eigenvalue weighted by Crippen LogP contribution is -2.19. The molecule has 0 radical (unpaired) electrons. The van der Waals surface area contributed by atoms with Crippen LogP contribution < -0.4 is 10.6 Å². The quantitative estimate of drug-likeness (QED) is 0.621. The largest absolute Gasteiger partial charge is 0.390 e. The van der Waals surface area contributed by atoms with Crippen molar-refractivity contribution in [2.45, 2.75) is 27.0 Å². The monoisotopic (exact) mass is 369 g/mol. The number of benzene rings is 1. The summed E-state index contributed by atoms with van der Waals surface area (Å²) in [7, 11) is 0. The fourth-order valence-electron chi connectivity index (χ4n) is 2.53. The van der Waals surface area contributed by atoms with Gasteiger partial charge in [-0.15, -0.1) is 0 Å². The first-order chi connectivity index (χ1) is 12.9. The Balaban J connectivity index is 1.96. The van der Waals surface area contributed by atoms with E-state index in [1.165, 1.54) is 19.1 Å². The Hall–Kier alpha value is -3.26. The predicted octanol–water partition coefficient (Wildman–Crippen LogP) is 2.59. The molecule has 1 aromatic carbocycles. The number of hydrogen-bond acceptors (Lipinski definition) is 5. The number of pyridine rings is 1. The molecule has 140 valence electrons. The highest BCUT2D eigenvalue weighted by Crippen LogP contribution is 2.20. The topological polar surface area (TPSA) is 92.1 Å². The van der Waals surface area contributed by atoms with Gasteiger partial charge in [-0.2, -0.15) is 5.10 Å². The highest BCUT2D eigenvalue weighted by atomic mass is 19.1. The first-order valence-corrected chi connectivity index (χ1v) is 8.39. The Labute approximate surface area is 155 Å². The molecule has 0 fully saturated rings. The van der Waals surface area contributed by atoms with E-state index in [9.17, 15) is 14.3 Å². The third-order valence-electron chi connectivity index (χ3n) is 3.91. The standard InChI is InChI=1S/C19H20FN5O2/c1-12-10-25(24-17(12)11-26)19-8-14(9-21-13(2)27)7-18(23-19)22-16-5-3-15(20)4-6-16/h3-8,10,26H,9,11H2,1-2H3,(H,21,27)(H,22,23). The number of carbonyl (C=O) groups is 1. The van der Waals surface area contributed by atoms with E-state index in [0.29, 0.717) is 29.6 Å². The van der Waals surface area contributed by atoms with Gasteiger partial charge in [0.15, 0.2) is 5.82 Å². The van der Waals surface area contributed by atoms with Gasteiger partial charge in [-0.1, -0.05) is 0 Å². The van der Waals surface area contributed by atoms with E-state index >= 15 is 0 Å². The number of halogens is 1. The van der Waals surface area contributed by atoms with Gasteiger partial charge >= 0.3 is 0 Å². The molecule has 0 aliphatic carbocycles. The summed E-state index contributed by atoms with van der Waals surface area (Å²) in [6.07, 6.45) is 1.78. The number of nitrogens with zero attached hydrogens (tertiary/aromatic N) is 3. The van der Waals surface area contributed by atoms with Crippen LogP contribution in [-0.2, 0) is 17.9 Å². The molecule has 2 aromatic heterocycles. The first kappa shape index (κ1) is 18.5. The van der Waals surface area contributed by atoms with Crippen molar-refractivity contribution in [3.8, 4) is 5.82 Å². The van der Waals surface area contributed by atoms with Gasteiger partial charge < -0.3 is 15.7 Å². The normalized spacial score (nSPS) is 10.7. The third-order valence-corrected chi connectivity index (χ3v) is 3.91.